The van der Waals surface area contributed by atoms with Gasteiger partial charge in [0.15, 0.2) is 0 Å². The molecule has 0 fully saturated rings. The molecule has 0 saturated carbocycles. The average molecular weight is 239 g/mol. The molecule has 1 unspecified atom stereocenters. The van der Waals surface area contributed by atoms with Gasteiger partial charge < -0.3 is 5.32 Å². The number of nitrogens with one attached hydrogen (secondary N) is 1. The molecule has 3 nitrogen and oxygen atoms in total. The third-order valence-corrected chi connectivity index (χ3v) is 3.49. The van der Waals surface area contributed by atoms with Crippen LogP contribution in [-0.4, -0.2) is 21.6 Å². The number of benzene rings is 1. The molecule has 0 bridgehead atoms. The quantitative estimate of drug-likeness (QED) is 0.854. The number of amides is 1. The van der Waals surface area contributed by atoms with Gasteiger partial charge in [-0.2, -0.15) is 0 Å². The zero-order valence-electron chi connectivity index (χ0n) is 9.60. The Hall–Kier alpha value is -1.16. The molecule has 0 saturated heterocycles. The lowest BCUT2D eigenvalue weighted by atomic mass is 10.3. The fourth-order valence-electron chi connectivity index (χ4n) is 1.30. The third kappa shape index (κ3) is 5.07. The topological polar surface area (TPSA) is 46.2 Å². The van der Waals surface area contributed by atoms with E-state index >= 15 is 0 Å². The fraction of sp³-hybridized carbons (Fsp3) is 0.417. The van der Waals surface area contributed by atoms with Crippen molar-refractivity contribution >= 4 is 22.4 Å². The predicted molar refractivity (Wildman–Crippen MR) is 67.8 cm³/mol. The number of carbonyl (C=O) groups is 1. The first kappa shape index (κ1) is 12.9. The Labute approximate surface area is 98.7 Å². The Bertz CT molecular complexity index is 363. The van der Waals surface area contributed by atoms with Crippen molar-refractivity contribution in [1.29, 1.82) is 0 Å². The van der Waals surface area contributed by atoms with E-state index < -0.39 is 10.8 Å². The fourth-order valence-corrected chi connectivity index (χ4v) is 2.52. The normalized spacial score (nSPS) is 12.4. The smallest absolute Gasteiger partial charge is 0.236 e. The van der Waals surface area contributed by atoms with Crippen LogP contribution in [0.4, 0.5) is 5.69 Å². The van der Waals surface area contributed by atoms with Gasteiger partial charge in [-0.3, -0.25) is 9.00 Å². The second-order valence-corrected chi connectivity index (χ2v) is 5.56. The van der Waals surface area contributed by atoms with Crippen molar-refractivity contribution < 1.29 is 9.00 Å². The highest BCUT2D eigenvalue weighted by atomic mass is 32.2. The Balaban J connectivity index is 2.39. The minimum atomic E-state index is -1.07. The molecule has 1 aromatic carbocycles. The van der Waals surface area contributed by atoms with Crippen LogP contribution in [0.2, 0.25) is 0 Å². The molecule has 88 valence electrons. The van der Waals surface area contributed by atoms with Crippen molar-refractivity contribution in [2.24, 2.45) is 5.92 Å². The molecule has 1 atom stereocenters. The van der Waals surface area contributed by atoms with E-state index in [1.807, 2.05) is 44.2 Å². The van der Waals surface area contributed by atoms with Gasteiger partial charge in [-0.05, 0) is 18.1 Å². The summed E-state index contributed by atoms with van der Waals surface area (Å²) in [7, 11) is -1.07. The van der Waals surface area contributed by atoms with Crippen LogP contribution in [0.3, 0.4) is 0 Å². The maximum Gasteiger partial charge on any atom is 0.236 e. The summed E-state index contributed by atoms with van der Waals surface area (Å²) >= 11 is 0. The van der Waals surface area contributed by atoms with Crippen LogP contribution in [0, 0.1) is 5.92 Å². The molecule has 0 aliphatic rings. The van der Waals surface area contributed by atoms with Crippen LogP contribution in [0.5, 0.6) is 0 Å². The Kier molecular flexibility index (Phi) is 5.19. The molecule has 1 aromatic rings. The highest BCUT2D eigenvalue weighted by molar-refractivity contribution is 7.85. The first-order chi connectivity index (χ1) is 7.58. The predicted octanol–water partition coefficient (Wildman–Crippen LogP) is 2.03. The van der Waals surface area contributed by atoms with Gasteiger partial charge in [0.25, 0.3) is 0 Å². The molecule has 0 aliphatic heterocycles. The van der Waals surface area contributed by atoms with Crippen molar-refractivity contribution in [1.82, 2.24) is 0 Å². The standard InChI is InChI=1S/C12H17NO2S/c1-10(2)8-16(15)9-12(14)13-11-6-4-3-5-7-11/h3-7,10H,8-9H2,1-2H3,(H,13,14). The van der Waals surface area contributed by atoms with E-state index in [-0.39, 0.29) is 11.7 Å². The molecule has 0 heterocycles. The van der Waals surface area contributed by atoms with Crippen LogP contribution in [0.25, 0.3) is 0 Å². The summed E-state index contributed by atoms with van der Waals surface area (Å²) in [4.78, 5) is 11.5. The molecule has 0 radical (unpaired) electrons. The van der Waals surface area contributed by atoms with Crippen LogP contribution in [0.1, 0.15) is 13.8 Å². The van der Waals surface area contributed by atoms with Crippen molar-refractivity contribution in [3.63, 3.8) is 0 Å². The Morgan fingerprint density at radius 3 is 2.50 bits per heavy atom. The minimum Gasteiger partial charge on any atom is -0.325 e. The van der Waals surface area contributed by atoms with E-state index in [1.54, 1.807) is 0 Å². The summed E-state index contributed by atoms with van der Waals surface area (Å²) in [6.07, 6.45) is 0. The maximum absolute atomic E-state index is 11.5. The minimum absolute atomic E-state index is 0.0765. The first-order valence-corrected chi connectivity index (χ1v) is 6.76. The Morgan fingerprint density at radius 1 is 1.31 bits per heavy atom. The molecular formula is C12H17NO2S. The molecule has 4 heteroatoms. The van der Waals surface area contributed by atoms with E-state index in [0.29, 0.717) is 11.7 Å². The van der Waals surface area contributed by atoms with Gasteiger partial charge in [0.05, 0.1) is 0 Å². The van der Waals surface area contributed by atoms with E-state index in [2.05, 4.69) is 5.32 Å². The molecule has 16 heavy (non-hydrogen) atoms. The van der Waals surface area contributed by atoms with Gasteiger partial charge in [0, 0.05) is 22.2 Å². The van der Waals surface area contributed by atoms with Crippen molar-refractivity contribution in [3.8, 4) is 0 Å². The molecule has 1 amide bonds. The number of hydrogen-bond donors (Lipinski definition) is 1. The first-order valence-electron chi connectivity index (χ1n) is 5.28. The molecular weight excluding hydrogens is 222 g/mol. The lowest BCUT2D eigenvalue weighted by Gasteiger charge is -2.06. The summed E-state index contributed by atoms with van der Waals surface area (Å²) in [6.45, 7) is 3.99. The number of rotatable bonds is 5. The van der Waals surface area contributed by atoms with Gasteiger partial charge in [0.1, 0.15) is 5.75 Å². The van der Waals surface area contributed by atoms with Gasteiger partial charge in [-0.1, -0.05) is 32.0 Å². The Morgan fingerprint density at radius 2 is 1.94 bits per heavy atom. The van der Waals surface area contributed by atoms with Crippen LogP contribution in [-0.2, 0) is 15.6 Å². The third-order valence-electron chi connectivity index (χ3n) is 1.87. The lowest BCUT2D eigenvalue weighted by molar-refractivity contribution is -0.113. The lowest BCUT2D eigenvalue weighted by Crippen LogP contribution is -2.22. The number of para-hydroxylation sites is 1. The highest BCUT2D eigenvalue weighted by Crippen LogP contribution is 2.05. The maximum atomic E-state index is 11.5. The van der Waals surface area contributed by atoms with Crippen molar-refractivity contribution in [3.05, 3.63) is 30.3 Å². The second-order valence-electron chi connectivity index (χ2n) is 4.06. The van der Waals surface area contributed by atoms with Crippen LogP contribution < -0.4 is 5.32 Å². The van der Waals surface area contributed by atoms with E-state index in [1.165, 1.54) is 0 Å². The largest absolute Gasteiger partial charge is 0.325 e. The molecule has 0 aromatic heterocycles. The second kappa shape index (κ2) is 6.43. The van der Waals surface area contributed by atoms with E-state index in [4.69, 9.17) is 0 Å². The molecule has 1 N–H and O–H groups in total. The number of hydrogen-bond acceptors (Lipinski definition) is 2. The van der Waals surface area contributed by atoms with Crippen LogP contribution >= 0.6 is 0 Å². The summed E-state index contributed by atoms with van der Waals surface area (Å²) in [6, 6.07) is 9.19. The van der Waals surface area contributed by atoms with Gasteiger partial charge in [0.2, 0.25) is 5.91 Å². The molecule has 0 spiro atoms. The zero-order valence-corrected chi connectivity index (χ0v) is 10.4. The summed E-state index contributed by atoms with van der Waals surface area (Å²) < 4.78 is 11.5. The summed E-state index contributed by atoms with van der Waals surface area (Å²) in [5, 5.41) is 2.71. The van der Waals surface area contributed by atoms with E-state index in [0.717, 1.165) is 5.69 Å². The molecule has 1 rings (SSSR count). The molecule has 0 aliphatic carbocycles. The zero-order chi connectivity index (χ0) is 12.0. The summed E-state index contributed by atoms with van der Waals surface area (Å²) in [5.74, 6) is 0.811. The van der Waals surface area contributed by atoms with Crippen molar-refractivity contribution in [2.45, 2.75) is 13.8 Å². The SMILES string of the molecule is CC(C)CS(=O)CC(=O)Nc1ccccc1. The van der Waals surface area contributed by atoms with Gasteiger partial charge >= 0.3 is 0 Å². The highest BCUT2D eigenvalue weighted by Gasteiger charge is 2.09. The van der Waals surface area contributed by atoms with Gasteiger partial charge in [-0.15, -0.1) is 0 Å². The number of anilines is 1. The monoisotopic (exact) mass is 239 g/mol. The van der Waals surface area contributed by atoms with E-state index in [9.17, 15) is 9.00 Å². The van der Waals surface area contributed by atoms with Crippen LogP contribution in [0.15, 0.2) is 30.3 Å². The number of carbonyl (C=O) groups excluding carboxylic acids is 1. The van der Waals surface area contributed by atoms with Gasteiger partial charge in [-0.25, -0.2) is 0 Å². The van der Waals surface area contributed by atoms with Crippen molar-refractivity contribution in [2.75, 3.05) is 16.8 Å². The summed E-state index contributed by atoms with van der Waals surface area (Å²) in [5.41, 5.74) is 0.744. The average Bonchev–Trinajstić information content (AvgIpc) is 2.17.